The third kappa shape index (κ3) is 20.2. The number of unbranched alkanes of at least 4 members (excludes halogenated alkanes) is 23. The molecule has 2 rings (SSSR count). The average Bonchev–Trinajstić information content (AvgIpc) is 3.57. The zero-order valence-electron chi connectivity index (χ0n) is 29.0. The fourth-order valence-corrected chi connectivity index (χ4v) is 7.10. The highest BCUT2D eigenvalue weighted by Gasteiger charge is 2.26. The summed E-state index contributed by atoms with van der Waals surface area (Å²) in [4.78, 5) is 3.36. The predicted molar refractivity (Wildman–Crippen MR) is 190 cm³/mol. The molecule has 1 aromatic heterocycles. The second-order valence-electron chi connectivity index (χ2n) is 13.8. The van der Waals surface area contributed by atoms with Gasteiger partial charge in [-0.25, -0.2) is 4.57 Å². The van der Waals surface area contributed by atoms with Crippen LogP contribution in [0.25, 0.3) is 0 Å². The van der Waals surface area contributed by atoms with Gasteiger partial charge < -0.3 is 0 Å². The SMILES string of the molecule is CCCCCCCCCCCCCCCC(Cc1ccccc1)C(CCCCCCCCCCCCCC)[n+]1cc[nH]c1. The fourth-order valence-electron chi connectivity index (χ4n) is 7.10. The Morgan fingerprint density at radius 2 is 0.930 bits per heavy atom. The number of H-pyrrole nitrogens is 1. The van der Waals surface area contributed by atoms with Crippen molar-refractivity contribution in [1.29, 1.82) is 0 Å². The molecule has 2 aromatic rings. The van der Waals surface area contributed by atoms with E-state index in [0.29, 0.717) is 12.0 Å². The van der Waals surface area contributed by atoms with E-state index >= 15 is 0 Å². The number of nitrogens with zero attached hydrogens (tertiary/aromatic N) is 1. The van der Waals surface area contributed by atoms with E-state index < -0.39 is 0 Å². The zero-order chi connectivity index (χ0) is 30.5. The Morgan fingerprint density at radius 3 is 1.35 bits per heavy atom. The van der Waals surface area contributed by atoms with Gasteiger partial charge in [0.05, 0.1) is 0 Å². The van der Waals surface area contributed by atoms with E-state index in [1.165, 1.54) is 185 Å². The largest absolute Gasteiger partial charge is 0.250 e. The quantitative estimate of drug-likeness (QED) is 0.0662. The molecule has 2 unspecified atom stereocenters. The maximum absolute atomic E-state index is 3.36. The molecule has 0 fully saturated rings. The van der Waals surface area contributed by atoms with Crippen LogP contribution in [0.1, 0.15) is 199 Å². The Labute approximate surface area is 269 Å². The lowest BCUT2D eigenvalue weighted by molar-refractivity contribution is -0.730. The Balaban J connectivity index is 1.70. The molecule has 2 heteroatoms. The van der Waals surface area contributed by atoms with Crippen molar-refractivity contribution in [2.24, 2.45) is 5.92 Å². The standard InChI is InChI=1S/C41H72N2/c1-3-5-7-9-11-13-15-17-18-20-22-24-29-33-40(37-39-31-27-26-28-32-39)41(43-36-35-42-38-43)34-30-25-23-21-19-16-14-12-10-8-6-4-2/h26-28,31-32,35-36,38,40-41H,3-25,29-30,33-34,37H2,1-2H3/p+1. The second-order valence-corrected chi connectivity index (χ2v) is 13.8. The van der Waals surface area contributed by atoms with Crippen LogP contribution in [0.4, 0.5) is 0 Å². The first-order valence-electron chi connectivity index (χ1n) is 19.4. The summed E-state index contributed by atoms with van der Waals surface area (Å²) in [6.45, 7) is 4.62. The normalized spacial score (nSPS) is 13.0. The van der Waals surface area contributed by atoms with Crippen molar-refractivity contribution in [3.05, 3.63) is 54.6 Å². The van der Waals surface area contributed by atoms with Crippen LogP contribution in [-0.4, -0.2) is 4.98 Å². The van der Waals surface area contributed by atoms with Gasteiger partial charge in [-0.15, -0.1) is 0 Å². The van der Waals surface area contributed by atoms with Crippen LogP contribution in [0.2, 0.25) is 0 Å². The van der Waals surface area contributed by atoms with Crippen molar-refractivity contribution in [2.75, 3.05) is 0 Å². The summed E-state index contributed by atoms with van der Waals surface area (Å²) in [7, 11) is 0. The first-order chi connectivity index (χ1) is 21.3. The minimum absolute atomic E-state index is 0.604. The first kappa shape index (κ1) is 37.6. The summed E-state index contributed by atoms with van der Waals surface area (Å²) in [5, 5.41) is 0. The van der Waals surface area contributed by atoms with E-state index in [9.17, 15) is 0 Å². The second kappa shape index (κ2) is 27.9. The number of hydrogen-bond acceptors (Lipinski definition) is 0. The molecule has 0 aliphatic carbocycles. The number of rotatable bonds is 31. The third-order valence-electron chi connectivity index (χ3n) is 9.87. The molecule has 0 spiro atoms. The molecule has 0 bridgehead atoms. The molecule has 2 atom stereocenters. The van der Waals surface area contributed by atoms with Crippen molar-refractivity contribution in [1.82, 2.24) is 4.98 Å². The third-order valence-corrected chi connectivity index (χ3v) is 9.87. The van der Waals surface area contributed by atoms with Gasteiger partial charge in [0.2, 0.25) is 6.33 Å². The van der Waals surface area contributed by atoms with Gasteiger partial charge >= 0.3 is 0 Å². The van der Waals surface area contributed by atoms with Crippen LogP contribution >= 0.6 is 0 Å². The number of aromatic amines is 1. The summed E-state index contributed by atoms with van der Waals surface area (Å²) in [5.74, 6) is 0.712. The van der Waals surface area contributed by atoms with E-state index in [0.717, 1.165) is 0 Å². The molecule has 43 heavy (non-hydrogen) atoms. The highest BCUT2D eigenvalue weighted by atomic mass is 15.1. The van der Waals surface area contributed by atoms with Gasteiger partial charge in [0.15, 0.2) is 0 Å². The van der Waals surface area contributed by atoms with Crippen molar-refractivity contribution < 1.29 is 4.57 Å². The summed E-state index contributed by atoms with van der Waals surface area (Å²) < 4.78 is 2.51. The maximum atomic E-state index is 3.36. The monoisotopic (exact) mass is 594 g/mol. The van der Waals surface area contributed by atoms with Crippen molar-refractivity contribution in [3.8, 4) is 0 Å². The highest BCUT2D eigenvalue weighted by Crippen LogP contribution is 2.29. The first-order valence-corrected chi connectivity index (χ1v) is 19.4. The van der Waals surface area contributed by atoms with Gasteiger partial charge in [-0.1, -0.05) is 198 Å². The Kier molecular flexibility index (Phi) is 24.4. The Morgan fingerprint density at radius 1 is 0.512 bits per heavy atom. The molecule has 1 N–H and O–H groups in total. The van der Waals surface area contributed by atoms with Crippen molar-refractivity contribution in [2.45, 2.75) is 200 Å². The minimum atomic E-state index is 0.604. The molecular formula is C41H73N2+. The molecule has 2 nitrogen and oxygen atoms in total. The molecule has 0 amide bonds. The van der Waals surface area contributed by atoms with Crippen LogP contribution in [-0.2, 0) is 6.42 Å². The summed E-state index contributed by atoms with van der Waals surface area (Å²) in [6, 6.07) is 11.9. The minimum Gasteiger partial charge on any atom is -0.250 e. The smallest absolute Gasteiger partial charge is 0.241 e. The lowest BCUT2D eigenvalue weighted by Crippen LogP contribution is -2.42. The molecule has 0 saturated carbocycles. The lowest BCUT2D eigenvalue weighted by atomic mass is 9.84. The van der Waals surface area contributed by atoms with E-state index in [4.69, 9.17) is 0 Å². The van der Waals surface area contributed by atoms with E-state index in [-0.39, 0.29) is 0 Å². The number of imidazole rings is 1. The fraction of sp³-hybridized carbons (Fsp3) is 0.780. The average molecular weight is 594 g/mol. The van der Waals surface area contributed by atoms with Crippen LogP contribution in [0.15, 0.2) is 49.1 Å². The van der Waals surface area contributed by atoms with Gasteiger partial charge in [0, 0.05) is 5.92 Å². The van der Waals surface area contributed by atoms with Gasteiger partial charge in [-0.05, 0) is 31.2 Å². The van der Waals surface area contributed by atoms with E-state index in [1.807, 2.05) is 0 Å². The van der Waals surface area contributed by atoms with Gasteiger partial charge in [0.25, 0.3) is 0 Å². The molecule has 1 aromatic carbocycles. The van der Waals surface area contributed by atoms with Crippen molar-refractivity contribution >= 4 is 0 Å². The van der Waals surface area contributed by atoms with Gasteiger partial charge in [-0.3, -0.25) is 4.98 Å². The molecule has 0 saturated heterocycles. The number of nitrogens with one attached hydrogen (secondary N) is 1. The summed E-state index contributed by atoms with van der Waals surface area (Å²) in [5.41, 5.74) is 1.51. The van der Waals surface area contributed by atoms with Gasteiger partial charge in [0.1, 0.15) is 18.4 Å². The zero-order valence-corrected chi connectivity index (χ0v) is 29.0. The number of benzene rings is 1. The molecule has 246 valence electrons. The van der Waals surface area contributed by atoms with Crippen molar-refractivity contribution in [3.63, 3.8) is 0 Å². The number of aromatic nitrogens is 2. The Bertz CT molecular complexity index is 798. The summed E-state index contributed by atoms with van der Waals surface area (Å²) >= 11 is 0. The van der Waals surface area contributed by atoms with E-state index in [1.54, 1.807) is 0 Å². The summed E-state index contributed by atoms with van der Waals surface area (Å²) in [6.07, 6.45) is 46.2. The maximum Gasteiger partial charge on any atom is 0.241 e. The van der Waals surface area contributed by atoms with Crippen LogP contribution in [0, 0.1) is 5.92 Å². The molecule has 0 aliphatic rings. The van der Waals surface area contributed by atoms with Crippen LogP contribution in [0.5, 0.6) is 0 Å². The topological polar surface area (TPSA) is 19.7 Å². The molecule has 0 radical (unpaired) electrons. The van der Waals surface area contributed by atoms with Crippen LogP contribution in [0.3, 0.4) is 0 Å². The number of hydrogen-bond donors (Lipinski definition) is 1. The molecule has 0 aliphatic heterocycles. The highest BCUT2D eigenvalue weighted by molar-refractivity contribution is 5.15. The van der Waals surface area contributed by atoms with Crippen LogP contribution < -0.4 is 4.57 Å². The lowest BCUT2D eigenvalue weighted by Gasteiger charge is -2.25. The Hall–Kier alpha value is -1.57. The van der Waals surface area contributed by atoms with E-state index in [2.05, 4.69) is 72.5 Å². The molecular weight excluding hydrogens is 520 g/mol. The van der Waals surface area contributed by atoms with Gasteiger partial charge in [-0.2, -0.15) is 0 Å². The predicted octanol–water partition coefficient (Wildman–Crippen LogP) is 13.3. The molecule has 1 heterocycles.